The summed E-state index contributed by atoms with van der Waals surface area (Å²) in [6.45, 7) is 5.96. The molecule has 3 rings (SSSR count). The molecule has 1 heterocycles. The van der Waals surface area contributed by atoms with Crippen molar-refractivity contribution < 1.29 is 4.39 Å². The Labute approximate surface area is 140 Å². The van der Waals surface area contributed by atoms with E-state index in [2.05, 4.69) is 38.8 Å². The number of nitrogens with zero attached hydrogens (tertiary/aromatic N) is 2. The van der Waals surface area contributed by atoms with Crippen LogP contribution in [0.5, 0.6) is 0 Å². The first-order valence-corrected chi connectivity index (χ1v) is 7.73. The summed E-state index contributed by atoms with van der Waals surface area (Å²) < 4.78 is 13.8. The number of rotatable bonds is 4. The van der Waals surface area contributed by atoms with Crippen LogP contribution >= 0.6 is 0 Å². The minimum atomic E-state index is -0.341. The van der Waals surface area contributed by atoms with Crippen LogP contribution in [-0.2, 0) is 0 Å². The number of aromatic nitrogens is 2. The van der Waals surface area contributed by atoms with Crippen LogP contribution in [0.4, 0.5) is 27.5 Å². The van der Waals surface area contributed by atoms with E-state index in [1.54, 1.807) is 18.2 Å². The molecule has 0 aliphatic heterocycles. The van der Waals surface area contributed by atoms with E-state index in [1.165, 1.54) is 11.6 Å². The van der Waals surface area contributed by atoms with Gasteiger partial charge in [0.05, 0.1) is 5.69 Å². The molecular weight excluding hydrogens is 303 g/mol. The minimum absolute atomic E-state index is 0.341. The van der Waals surface area contributed by atoms with Crippen LogP contribution < -0.4 is 10.6 Å². The van der Waals surface area contributed by atoms with E-state index in [4.69, 9.17) is 0 Å². The Hall–Kier alpha value is -2.95. The summed E-state index contributed by atoms with van der Waals surface area (Å²) in [6, 6.07) is 14.5. The molecule has 0 radical (unpaired) electrons. The molecule has 0 saturated carbocycles. The molecule has 3 aromatic rings. The largest absolute Gasteiger partial charge is 0.340 e. The molecule has 24 heavy (non-hydrogen) atoms. The van der Waals surface area contributed by atoms with Gasteiger partial charge in [0, 0.05) is 17.4 Å². The lowest BCUT2D eigenvalue weighted by Gasteiger charge is -2.12. The molecule has 0 unspecified atom stereocenters. The van der Waals surface area contributed by atoms with Crippen molar-refractivity contribution in [1.82, 2.24) is 9.97 Å². The van der Waals surface area contributed by atoms with Crippen molar-refractivity contribution in [2.45, 2.75) is 20.8 Å². The molecule has 0 atom stereocenters. The number of para-hydroxylation sites is 1. The van der Waals surface area contributed by atoms with Crippen LogP contribution in [0, 0.1) is 26.6 Å². The second-order valence-electron chi connectivity index (χ2n) is 5.77. The molecule has 122 valence electrons. The summed E-state index contributed by atoms with van der Waals surface area (Å²) in [6.07, 6.45) is 0. The SMILES string of the molecule is Cc1ccc(C)c(Nc2cc(C)nc(Nc3ccccc3F)n2)c1. The summed E-state index contributed by atoms with van der Waals surface area (Å²) in [5.74, 6) is 0.676. The van der Waals surface area contributed by atoms with Crippen LogP contribution in [0.3, 0.4) is 0 Å². The maximum absolute atomic E-state index is 13.8. The van der Waals surface area contributed by atoms with Crippen molar-refractivity contribution in [2.75, 3.05) is 10.6 Å². The predicted octanol–water partition coefficient (Wildman–Crippen LogP) is 5.03. The van der Waals surface area contributed by atoms with Crippen molar-refractivity contribution in [2.24, 2.45) is 0 Å². The van der Waals surface area contributed by atoms with Gasteiger partial charge in [-0.25, -0.2) is 9.37 Å². The first kappa shape index (κ1) is 15.9. The molecule has 4 nitrogen and oxygen atoms in total. The summed E-state index contributed by atoms with van der Waals surface area (Å²) in [5, 5.41) is 6.24. The van der Waals surface area contributed by atoms with E-state index in [9.17, 15) is 4.39 Å². The Balaban J connectivity index is 1.89. The lowest BCUT2D eigenvalue weighted by molar-refractivity contribution is 0.631. The van der Waals surface area contributed by atoms with Crippen molar-refractivity contribution in [3.05, 3.63) is 71.2 Å². The molecule has 2 N–H and O–H groups in total. The van der Waals surface area contributed by atoms with Crippen molar-refractivity contribution in [3.63, 3.8) is 0 Å². The van der Waals surface area contributed by atoms with Crippen molar-refractivity contribution in [3.8, 4) is 0 Å². The van der Waals surface area contributed by atoms with E-state index in [1.807, 2.05) is 26.8 Å². The van der Waals surface area contributed by atoms with Crippen molar-refractivity contribution >= 4 is 23.1 Å². The van der Waals surface area contributed by atoms with Gasteiger partial charge in [0.2, 0.25) is 5.95 Å². The average Bonchev–Trinajstić information content (AvgIpc) is 2.53. The molecule has 0 saturated heterocycles. The number of hydrogen-bond donors (Lipinski definition) is 2. The third-order valence-electron chi connectivity index (χ3n) is 3.63. The Morgan fingerprint density at radius 1 is 0.833 bits per heavy atom. The maximum atomic E-state index is 13.8. The highest BCUT2D eigenvalue weighted by Crippen LogP contribution is 2.23. The highest BCUT2D eigenvalue weighted by atomic mass is 19.1. The number of anilines is 4. The fraction of sp³-hybridized carbons (Fsp3) is 0.158. The quantitative estimate of drug-likeness (QED) is 0.707. The third-order valence-corrected chi connectivity index (χ3v) is 3.63. The molecular formula is C19H19FN4. The van der Waals surface area contributed by atoms with Crippen molar-refractivity contribution in [1.29, 1.82) is 0 Å². The number of aryl methyl sites for hydroxylation is 3. The summed E-state index contributed by atoms with van der Waals surface area (Å²) in [7, 11) is 0. The molecule has 1 aromatic heterocycles. The smallest absolute Gasteiger partial charge is 0.229 e. The Morgan fingerprint density at radius 3 is 2.42 bits per heavy atom. The van der Waals surface area contributed by atoms with Gasteiger partial charge in [-0.05, 0) is 50.1 Å². The maximum Gasteiger partial charge on any atom is 0.229 e. The zero-order valence-electron chi connectivity index (χ0n) is 13.9. The fourth-order valence-electron chi connectivity index (χ4n) is 2.38. The van der Waals surface area contributed by atoms with Crippen LogP contribution in [-0.4, -0.2) is 9.97 Å². The van der Waals surface area contributed by atoms with Gasteiger partial charge in [0.15, 0.2) is 0 Å². The topological polar surface area (TPSA) is 49.8 Å². The normalized spacial score (nSPS) is 10.5. The van der Waals surface area contributed by atoms with Gasteiger partial charge in [-0.15, -0.1) is 0 Å². The minimum Gasteiger partial charge on any atom is -0.340 e. The molecule has 0 bridgehead atoms. The molecule has 2 aromatic carbocycles. The second kappa shape index (κ2) is 6.66. The Bertz CT molecular complexity index is 877. The number of nitrogens with one attached hydrogen (secondary N) is 2. The van der Waals surface area contributed by atoms with Gasteiger partial charge in [0.1, 0.15) is 11.6 Å². The molecule has 0 spiro atoms. The number of halogens is 1. The summed E-state index contributed by atoms with van der Waals surface area (Å²) in [5.41, 5.74) is 4.42. The zero-order chi connectivity index (χ0) is 17.1. The summed E-state index contributed by atoms with van der Waals surface area (Å²) >= 11 is 0. The van der Waals surface area contributed by atoms with E-state index in [0.717, 1.165) is 16.9 Å². The first-order valence-electron chi connectivity index (χ1n) is 7.73. The highest BCUT2D eigenvalue weighted by Gasteiger charge is 2.07. The molecule has 0 aliphatic rings. The van der Waals surface area contributed by atoms with Gasteiger partial charge in [-0.1, -0.05) is 24.3 Å². The van der Waals surface area contributed by atoms with Crippen LogP contribution in [0.1, 0.15) is 16.8 Å². The third kappa shape index (κ3) is 3.68. The second-order valence-corrected chi connectivity index (χ2v) is 5.77. The zero-order valence-corrected chi connectivity index (χ0v) is 13.9. The van der Waals surface area contributed by atoms with Crippen LogP contribution in [0.15, 0.2) is 48.5 Å². The fourth-order valence-corrected chi connectivity index (χ4v) is 2.38. The average molecular weight is 322 g/mol. The van der Waals surface area contributed by atoms with E-state index in [0.29, 0.717) is 17.5 Å². The van der Waals surface area contributed by atoms with Gasteiger partial charge < -0.3 is 10.6 Å². The first-order chi connectivity index (χ1) is 11.5. The van der Waals surface area contributed by atoms with Crippen LogP contribution in [0.25, 0.3) is 0 Å². The molecule has 5 heteroatoms. The van der Waals surface area contributed by atoms with Crippen LogP contribution in [0.2, 0.25) is 0 Å². The Morgan fingerprint density at radius 2 is 1.62 bits per heavy atom. The van der Waals surface area contributed by atoms with E-state index in [-0.39, 0.29) is 5.82 Å². The molecule has 0 aliphatic carbocycles. The van der Waals surface area contributed by atoms with E-state index >= 15 is 0 Å². The lowest BCUT2D eigenvalue weighted by atomic mass is 10.1. The van der Waals surface area contributed by atoms with Gasteiger partial charge in [-0.2, -0.15) is 4.98 Å². The van der Waals surface area contributed by atoms with Gasteiger partial charge in [-0.3, -0.25) is 0 Å². The monoisotopic (exact) mass is 322 g/mol. The van der Waals surface area contributed by atoms with E-state index < -0.39 is 0 Å². The predicted molar refractivity (Wildman–Crippen MR) is 95.7 cm³/mol. The van der Waals surface area contributed by atoms with Gasteiger partial charge in [0.25, 0.3) is 0 Å². The highest BCUT2D eigenvalue weighted by molar-refractivity contribution is 5.63. The number of benzene rings is 2. The van der Waals surface area contributed by atoms with Gasteiger partial charge >= 0.3 is 0 Å². The molecule has 0 amide bonds. The molecule has 0 fully saturated rings. The summed E-state index contributed by atoms with van der Waals surface area (Å²) in [4.78, 5) is 8.76. The number of hydrogen-bond acceptors (Lipinski definition) is 4. The lowest BCUT2D eigenvalue weighted by Crippen LogP contribution is -2.04. The Kier molecular flexibility index (Phi) is 4.42. The standard InChI is InChI=1S/C19H19FN4/c1-12-8-9-13(2)17(10-12)22-18-11-14(3)21-19(24-18)23-16-7-5-4-6-15(16)20/h4-11H,1-3H3,(H2,21,22,23,24).